The first kappa shape index (κ1) is 24.3. The van der Waals surface area contributed by atoms with Gasteiger partial charge in [0.15, 0.2) is 0 Å². The lowest BCUT2D eigenvalue weighted by Gasteiger charge is -2.17. The average Bonchev–Trinajstić information content (AvgIpc) is 2.84. The molecule has 174 valence electrons. The number of nitrogens with zero attached hydrogens (tertiary/aromatic N) is 1. The molecule has 0 spiro atoms. The van der Waals surface area contributed by atoms with Crippen LogP contribution in [0.5, 0.6) is 0 Å². The van der Waals surface area contributed by atoms with E-state index in [1.54, 1.807) is 54.9 Å². The Bertz CT molecular complexity index is 1150. The summed E-state index contributed by atoms with van der Waals surface area (Å²) in [5.74, 6) is 0.0942. The van der Waals surface area contributed by atoms with Crippen molar-refractivity contribution in [3.63, 3.8) is 0 Å². The lowest BCUT2D eigenvalue weighted by Crippen LogP contribution is -2.24. The predicted molar refractivity (Wildman–Crippen MR) is 132 cm³/mol. The molecule has 1 heterocycles. The van der Waals surface area contributed by atoms with Crippen LogP contribution in [0, 0.1) is 5.92 Å². The summed E-state index contributed by atoms with van der Waals surface area (Å²) in [5, 5.41) is 6.15. The van der Waals surface area contributed by atoms with Crippen molar-refractivity contribution in [1.82, 2.24) is 10.3 Å². The van der Waals surface area contributed by atoms with Crippen LogP contribution in [0.3, 0.4) is 0 Å². The van der Waals surface area contributed by atoms with Crippen LogP contribution in [0.25, 0.3) is 0 Å². The van der Waals surface area contributed by atoms with Crippen LogP contribution in [-0.4, -0.2) is 25.9 Å². The van der Waals surface area contributed by atoms with Crippen LogP contribution in [0.1, 0.15) is 42.6 Å². The van der Waals surface area contributed by atoms with Crippen molar-refractivity contribution in [3.8, 4) is 0 Å². The van der Waals surface area contributed by atoms with Gasteiger partial charge in [-0.2, -0.15) is 0 Å². The van der Waals surface area contributed by atoms with Crippen molar-refractivity contribution in [3.05, 3.63) is 84.2 Å². The molecule has 0 saturated heterocycles. The molecule has 3 aromatic rings. The lowest BCUT2D eigenvalue weighted by molar-refractivity contribution is 0.0950. The van der Waals surface area contributed by atoms with Crippen molar-refractivity contribution >= 4 is 27.3 Å². The highest BCUT2D eigenvalue weighted by atomic mass is 32.2. The molecule has 0 aliphatic rings. The van der Waals surface area contributed by atoms with Gasteiger partial charge < -0.3 is 10.6 Å². The van der Waals surface area contributed by atoms with E-state index in [2.05, 4.69) is 34.2 Å². The number of rotatable bonds is 11. The summed E-state index contributed by atoms with van der Waals surface area (Å²) in [7, 11) is -3.89. The van der Waals surface area contributed by atoms with Gasteiger partial charge in [0.05, 0.1) is 4.90 Å². The maximum atomic E-state index is 13.1. The first-order valence-corrected chi connectivity index (χ1v) is 12.5. The molecule has 0 radical (unpaired) electrons. The molecule has 0 bridgehead atoms. The third-order valence-corrected chi connectivity index (χ3v) is 6.79. The number of benzene rings is 2. The molecule has 7 nitrogen and oxygen atoms in total. The molecular formula is C25H30N4O3S. The second-order valence-corrected chi connectivity index (χ2v) is 9.51. The topological polar surface area (TPSA) is 100 Å². The highest BCUT2D eigenvalue weighted by molar-refractivity contribution is 7.92. The van der Waals surface area contributed by atoms with Crippen LogP contribution in [0.15, 0.2) is 78.0 Å². The van der Waals surface area contributed by atoms with Crippen molar-refractivity contribution in [1.29, 1.82) is 0 Å². The predicted octanol–water partition coefficient (Wildman–Crippen LogP) is 4.66. The van der Waals surface area contributed by atoms with E-state index in [4.69, 9.17) is 0 Å². The Kier molecular flexibility index (Phi) is 8.43. The number of pyridine rings is 1. The molecule has 8 heteroatoms. The van der Waals surface area contributed by atoms with Gasteiger partial charge in [0.1, 0.15) is 0 Å². The van der Waals surface area contributed by atoms with Gasteiger partial charge in [-0.1, -0.05) is 51.0 Å². The Balaban J connectivity index is 1.87. The molecular weight excluding hydrogens is 436 g/mol. The van der Waals surface area contributed by atoms with Crippen LogP contribution >= 0.6 is 0 Å². The van der Waals surface area contributed by atoms with Crippen LogP contribution in [0.4, 0.5) is 11.4 Å². The number of para-hydroxylation sites is 1. The van der Waals surface area contributed by atoms with E-state index in [9.17, 15) is 13.2 Å². The number of hydrogen-bond donors (Lipinski definition) is 3. The zero-order valence-electron chi connectivity index (χ0n) is 18.9. The molecule has 0 saturated carbocycles. The fourth-order valence-corrected chi connectivity index (χ4v) is 4.46. The van der Waals surface area contributed by atoms with Crippen LogP contribution in [-0.2, 0) is 16.6 Å². The smallest absolute Gasteiger partial charge is 0.261 e. The van der Waals surface area contributed by atoms with E-state index >= 15 is 0 Å². The van der Waals surface area contributed by atoms with Gasteiger partial charge in [-0.3, -0.25) is 14.5 Å². The fraction of sp³-hybridized carbons (Fsp3) is 0.280. The number of hydrogen-bond acceptors (Lipinski definition) is 5. The van der Waals surface area contributed by atoms with Gasteiger partial charge in [0.25, 0.3) is 15.9 Å². The van der Waals surface area contributed by atoms with Gasteiger partial charge in [0, 0.05) is 42.4 Å². The largest absolute Gasteiger partial charge is 0.385 e. The highest BCUT2D eigenvalue weighted by Gasteiger charge is 2.19. The fourth-order valence-electron chi connectivity index (χ4n) is 3.33. The molecule has 33 heavy (non-hydrogen) atoms. The molecule has 0 atom stereocenters. The second-order valence-electron chi connectivity index (χ2n) is 7.82. The summed E-state index contributed by atoms with van der Waals surface area (Å²) >= 11 is 0. The molecule has 2 aromatic carbocycles. The number of carbonyl (C=O) groups excluding carboxylic acids is 1. The number of sulfonamides is 1. The lowest BCUT2D eigenvalue weighted by atomic mass is 10.0. The average molecular weight is 467 g/mol. The summed E-state index contributed by atoms with van der Waals surface area (Å²) in [6.45, 7) is 5.23. The minimum atomic E-state index is -3.89. The summed E-state index contributed by atoms with van der Waals surface area (Å²) in [6, 6.07) is 17.0. The van der Waals surface area contributed by atoms with Crippen molar-refractivity contribution in [2.75, 3.05) is 16.6 Å². The highest BCUT2D eigenvalue weighted by Crippen LogP contribution is 2.23. The third kappa shape index (κ3) is 7.05. The first-order valence-electron chi connectivity index (χ1n) is 11.0. The number of carbonyl (C=O) groups is 1. The Morgan fingerprint density at radius 2 is 1.73 bits per heavy atom. The molecule has 3 rings (SSSR count). The molecule has 0 aliphatic heterocycles. The van der Waals surface area contributed by atoms with Crippen molar-refractivity contribution in [2.24, 2.45) is 5.92 Å². The zero-order chi connectivity index (χ0) is 23.7. The minimum absolute atomic E-state index is 0.0208. The summed E-state index contributed by atoms with van der Waals surface area (Å²) < 4.78 is 28.7. The normalized spacial score (nSPS) is 11.2. The Morgan fingerprint density at radius 3 is 2.39 bits per heavy atom. The first-order chi connectivity index (χ1) is 15.9. The third-order valence-electron chi connectivity index (χ3n) is 5.43. The van der Waals surface area contributed by atoms with E-state index in [1.807, 2.05) is 12.1 Å². The van der Waals surface area contributed by atoms with Gasteiger partial charge >= 0.3 is 0 Å². The van der Waals surface area contributed by atoms with Gasteiger partial charge in [0.2, 0.25) is 0 Å². The van der Waals surface area contributed by atoms with Crippen LogP contribution in [0.2, 0.25) is 0 Å². The standard InChI is InChI=1S/C25H30N4O3S/c1-3-19(4-2)17-27-23-13-21(25(30)28-18-20-9-8-12-26-16-20)14-24(15-23)33(31,32)29-22-10-6-5-7-11-22/h5-16,19,27,29H,3-4,17-18H2,1-2H3,(H,28,30). The molecule has 0 aliphatic carbocycles. The molecule has 0 fully saturated rings. The monoisotopic (exact) mass is 466 g/mol. The molecule has 0 unspecified atom stereocenters. The Labute approximate surface area is 195 Å². The second kappa shape index (κ2) is 11.5. The number of nitrogens with one attached hydrogen (secondary N) is 3. The zero-order valence-corrected chi connectivity index (χ0v) is 19.7. The number of amides is 1. The van der Waals surface area contributed by atoms with Gasteiger partial charge in [-0.15, -0.1) is 0 Å². The minimum Gasteiger partial charge on any atom is -0.385 e. The quantitative estimate of drug-likeness (QED) is 0.382. The summed E-state index contributed by atoms with van der Waals surface area (Å²) in [5.41, 5.74) is 2.16. The van der Waals surface area contributed by atoms with Crippen molar-refractivity contribution < 1.29 is 13.2 Å². The Morgan fingerprint density at radius 1 is 0.970 bits per heavy atom. The molecule has 1 aromatic heterocycles. The van der Waals surface area contributed by atoms with Gasteiger partial charge in [-0.05, 0) is 47.9 Å². The summed E-state index contributed by atoms with van der Waals surface area (Å²) in [6.07, 6.45) is 5.36. The Hall–Kier alpha value is -3.39. The summed E-state index contributed by atoms with van der Waals surface area (Å²) in [4.78, 5) is 16.9. The number of aromatic nitrogens is 1. The van der Waals surface area contributed by atoms with E-state index in [-0.39, 0.29) is 16.4 Å². The van der Waals surface area contributed by atoms with E-state index < -0.39 is 10.0 Å². The van der Waals surface area contributed by atoms with E-state index in [1.165, 1.54) is 6.07 Å². The van der Waals surface area contributed by atoms with Crippen molar-refractivity contribution in [2.45, 2.75) is 38.1 Å². The molecule has 3 N–H and O–H groups in total. The molecule has 1 amide bonds. The maximum Gasteiger partial charge on any atom is 0.261 e. The maximum absolute atomic E-state index is 13.1. The van der Waals surface area contributed by atoms with Gasteiger partial charge in [-0.25, -0.2) is 8.42 Å². The van der Waals surface area contributed by atoms with Crippen LogP contribution < -0.4 is 15.4 Å². The SMILES string of the molecule is CCC(CC)CNc1cc(C(=O)NCc2cccnc2)cc(S(=O)(=O)Nc2ccccc2)c1. The van der Waals surface area contributed by atoms with E-state index in [0.717, 1.165) is 18.4 Å². The van der Waals surface area contributed by atoms with E-state index in [0.29, 0.717) is 30.4 Å². The number of anilines is 2.